The molecular weight excluding hydrogens is 352 g/mol. The number of nitro benzene ring substituents is 2. The summed E-state index contributed by atoms with van der Waals surface area (Å²) < 4.78 is 0. The molecule has 1 amide bonds. The van der Waals surface area contributed by atoms with E-state index in [4.69, 9.17) is 11.6 Å². The first-order valence-electron chi connectivity index (χ1n) is 6.82. The standard InChI is InChI=1S/C15H11ClN4O5/c1-9-2-3-10(6-14(9)20(24)25)8-17-18-15(21)12-5-4-11(19(22)23)7-13(12)16/h2-8H,1H3,(H,18,21)/b17-8+. The Balaban J connectivity index is 2.12. The van der Waals surface area contributed by atoms with Gasteiger partial charge in [0.15, 0.2) is 0 Å². The molecule has 0 atom stereocenters. The molecule has 0 heterocycles. The van der Waals surface area contributed by atoms with Crippen LogP contribution >= 0.6 is 11.6 Å². The SMILES string of the molecule is Cc1ccc(/C=N/NC(=O)c2ccc([N+](=O)[O-])cc2Cl)cc1[N+](=O)[O-]. The number of rotatable bonds is 5. The average Bonchev–Trinajstić information content (AvgIpc) is 2.55. The summed E-state index contributed by atoms with van der Waals surface area (Å²) in [5, 5.41) is 25.1. The second kappa shape index (κ2) is 7.49. The fourth-order valence-corrected chi connectivity index (χ4v) is 2.19. The molecule has 2 aromatic rings. The van der Waals surface area contributed by atoms with Crippen molar-refractivity contribution in [2.75, 3.05) is 0 Å². The van der Waals surface area contributed by atoms with Gasteiger partial charge in [0.1, 0.15) is 0 Å². The number of benzene rings is 2. The summed E-state index contributed by atoms with van der Waals surface area (Å²) in [6, 6.07) is 7.91. The van der Waals surface area contributed by atoms with Gasteiger partial charge in [0.25, 0.3) is 17.3 Å². The van der Waals surface area contributed by atoms with Crippen molar-refractivity contribution in [1.29, 1.82) is 0 Å². The highest BCUT2D eigenvalue weighted by atomic mass is 35.5. The van der Waals surface area contributed by atoms with Crippen LogP contribution in [0.25, 0.3) is 0 Å². The molecule has 10 heteroatoms. The molecule has 0 aliphatic heterocycles. The number of aryl methyl sites for hydroxylation is 1. The van der Waals surface area contributed by atoms with E-state index in [1.54, 1.807) is 19.1 Å². The first kappa shape index (κ1) is 18.0. The summed E-state index contributed by atoms with van der Waals surface area (Å²) in [4.78, 5) is 32.4. The van der Waals surface area contributed by atoms with Crippen LogP contribution in [-0.4, -0.2) is 22.0 Å². The predicted molar refractivity (Wildman–Crippen MR) is 91.0 cm³/mol. The average molecular weight is 363 g/mol. The molecular formula is C15H11ClN4O5. The van der Waals surface area contributed by atoms with Crippen LogP contribution in [0.2, 0.25) is 5.02 Å². The topological polar surface area (TPSA) is 128 Å². The van der Waals surface area contributed by atoms with Crippen molar-refractivity contribution in [2.45, 2.75) is 6.92 Å². The molecule has 0 aromatic heterocycles. The number of hydrogen-bond donors (Lipinski definition) is 1. The van der Waals surface area contributed by atoms with Crippen LogP contribution in [0.5, 0.6) is 0 Å². The molecule has 0 aliphatic rings. The molecule has 1 N–H and O–H groups in total. The second-order valence-electron chi connectivity index (χ2n) is 4.92. The van der Waals surface area contributed by atoms with Crippen LogP contribution in [0.15, 0.2) is 41.5 Å². The van der Waals surface area contributed by atoms with Crippen molar-refractivity contribution in [3.63, 3.8) is 0 Å². The fraction of sp³-hybridized carbons (Fsp3) is 0.0667. The number of non-ortho nitro benzene ring substituents is 1. The van der Waals surface area contributed by atoms with Gasteiger partial charge in [-0.3, -0.25) is 25.0 Å². The van der Waals surface area contributed by atoms with Gasteiger partial charge < -0.3 is 0 Å². The normalized spacial score (nSPS) is 10.6. The summed E-state index contributed by atoms with van der Waals surface area (Å²) in [6.07, 6.45) is 1.24. The molecule has 0 unspecified atom stereocenters. The third-order valence-electron chi connectivity index (χ3n) is 3.22. The summed E-state index contributed by atoms with van der Waals surface area (Å²) in [6.45, 7) is 1.61. The Labute approximate surface area is 146 Å². The Morgan fingerprint density at radius 3 is 2.48 bits per heavy atom. The number of nitro groups is 2. The molecule has 0 radical (unpaired) electrons. The van der Waals surface area contributed by atoms with Crippen molar-refractivity contribution >= 4 is 35.1 Å². The molecule has 2 aromatic carbocycles. The summed E-state index contributed by atoms with van der Waals surface area (Å²) in [5.74, 6) is -0.669. The zero-order valence-corrected chi connectivity index (χ0v) is 13.6. The van der Waals surface area contributed by atoms with Gasteiger partial charge >= 0.3 is 0 Å². The van der Waals surface area contributed by atoms with E-state index in [1.807, 2.05) is 0 Å². The number of amides is 1. The molecule has 0 fully saturated rings. The number of carbonyl (C=O) groups excluding carboxylic acids is 1. The Morgan fingerprint density at radius 1 is 1.16 bits per heavy atom. The Morgan fingerprint density at radius 2 is 1.88 bits per heavy atom. The quantitative estimate of drug-likeness (QED) is 0.496. The minimum atomic E-state index is -0.669. The minimum Gasteiger partial charge on any atom is -0.267 e. The number of nitrogens with zero attached hydrogens (tertiary/aromatic N) is 3. The number of nitrogens with one attached hydrogen (secondary N) is 1. The van der Waals surface area contributed by atoms with E-state index in [-0.39, 0.29) is 22.0 Å². The predicted octanol–water partition coefficient (Wildman–Crippen LogP) is 3.23. The lowest BCUT2D eigenvalue weighted by Crippen LogP contribution is -2.18. The van der Waals surface area contributed by atoms with Gasteiger partial charge in [-0.15, -0.1) is 0 Å². The van der Waals surface area contributed by atoms with Gasteiger partial charge in [-0.2, -0.15) is 5.10 Å². The molecule has 0 bridgehead atoms. The van der Waals surface area contributed by atoms with Gasteiger partial charge in [-0.05, 0) is 13.0 Å². The van der Waals surface area contributed by atoms with Gasteiger partial charge in [-0.1, -0.05) is 23.7 Å². The van der Waals surface area contributed by atoms with Crippen molar-refractivity contribution < 1.29 is 14.6 Å². The maximum Gasteiger partial charge on any atom is 0.272 e. The van der Waals surface area contributed by atoms with E-state index in [2.05, 4.69) is 10.5 Å². The number of hydrazone groups is 1. The molecule has 9 nitrogen and oxygen atoms in total. The van der Waals surface area contributed by atoms with E-state index in [0.717, 1.165) is 12.1 Å². The third-order valence-corrected chi connectivity index (χ3v) is 3.53. The van der Waals surface area contributed by atoms with Crippen LogP contribution in [0.3, 0.4) is 0 Å². The molecule has 0 spiro atoms. The highest BCUT2D eigenvalue weighted by Crippen LogP contribution is 2.22. The highest BCUT2D eigenvalue weighted by Gasteiger charge is 2.14. The first-order chi connectivity index (χ1) is 11.8. The van der Waals surface area contributed by atoms with Crippen molar-refractivity contribution in [1.82, 2.24) is 5.43 Å². The maximum absolute atomic E-state index is 12.0. The molecule has 2 rings (SSSR count). The maximum atomic E-state index is 12.0. The van der Waals surface area contributed by atoms with Crippen LogP contribution in [0, 0.1) is 27.2 Å². The lowest BCUT2D eigenvalue weighted by atomic mass is 10.1. The van der Waals surface area contributed by atoms with Crippen LogP contribution in [0.4, 0.5) is 11.4 Å². The highest BCUT2D eigenvalue weighted by molar-refractivity contribution is 6.34. The van der Waals surface area contributed by atoms with Crippen LogP contribution in [-0.2, 0) is 0 Å². The Hall–Kier alpha value is -3.33. The molecule has 25 heavy (non-hydrogen) atoms. The van der Waals surface area contributed by atoms with Crippen molar-refractivity contribution in [2.24, 2.45) is 5.10 Å². The zero-order chi connectivity index (χ0) is 18.6. The van der Waals surface area contributed by atoms with E-state index < -0.39 is 15.8 Å². The lowest BCUT2D eigenvalue weighted by Gasteiger charge is -2.02. The molecule has 0 aliphatic carbocycles. The zero-order valence-electron chi connectivity index (χ0n) is 12.8. The van der Waals surface area contributed by atoms with Crippen molar-refractivity contribution in [3.8, 4) is 0 Å². The van der Waals surface area contributed by atoms with E-state index in [1.165, 1.54) is 18.3 Å². The van der Waals surface area contributed by atoms with Crippen molar-refractivity contribution in [3.05, 3.63) is 78.3 Å². The summed E-state index contributed by atoms with van der Waals surface area (Å²) in [7, 11) is 0. The molecule has 0 saturated carbocycles. The Bertz CT molecular complexity index is 897. The smallest absolute Gasteiger partial charge is 0.267 e. The van der Waals surface area contributed by atoms with Crippen LogP contribution < -0.4 is 5.43 Å². The number of carbonyl (C=O) groups is 1. The van der Waals surface area contributed by atoms with E-state index >= 15 is 0 Å². The fourth-order valence-electron chi connectivity index (χ4n) is 1.93. The lowest BCUT2D eigenvalue weighted by molar-refractivity contribution is -0.385. The third kappa shape index (κ3) is 4.36. The largest absolute Gasteiger partial charge is 0.272 e. The number of hydrogen-bond acceptors (Lipinski definition) is 6. The Kier molecular flexibility index (Phi) is 5.40. The molecule has 0 saturated heterocycles. The van der Waals surface area contributed by atoms with Crippen LogP contribution in [0.1, 0.15) is 21.5 Å². The van der Waals surface area contributed by atoms with Gasteiger partial charge in [0.2, 0.25) is 0 Å². The minimum absolute atomic E-state index is 0.0132. The van der Waals surface area contributed by atoms with E-state index in [9.17, 15) is 25.0 Å². The summed E-state index contributed by atoms with van der Waals surface area (Å²) in [5.41, 5.74) is 2.85. The van der Waals surface area contributed by atoms with Gasteiger partial charge in [0, 0.05) is 29.3 Å². The number of halogens is 1. The summed E-state index contributed by atoms with van der Waals surface area (Å²) >= 11 is 5.85. The monoisotopic (exact) mass is 362 g/mol. The van der Waals surface area contributed by atoms with Gasteiger partial charge in [0.05, 0.1) is 26.6 Å². The van der Waals surface area contributed by atoms with Gasteiger partial charge in [-0.25, -0.2) is 5.43 Å². The second-order valence-corrected chi connectivity index (χ2v) is 5.33. The molecule has 128 valence electrons. The first-order valence-corrected chi connectivity index (χ1v) is 7.20. The van der Waals surface area contributed by atoms with E-state index in [0.29, 0.717) is 11.1 Å².